The maximum atomic E-state index is 11.7. The number of hydrogen-bond acceptors (Lipinski definition) is 3. The Bertz CT molecular complexity index is 339. The van der Waals surface area contributed by atoms with Gasteiger partial charge in [-0.3, -0.25) is 4.79 Å². The highest BCUT2D eigenvalue weighted by molar-refractivity contribution is 5.75. The lowest BCUT2D eigenvalue weighted by Crippen LogP contribution is -2.30. The summed E-state index contributed by atoms with van der Waals surface area (Å²) in [6.07, 6.45) is 4.32. The topological polar surface area (TPSA) is 35.5 Å². The van der Waals surface area contributed by atoms with Gasteiger partial charge in [0.25, 0.3) is 0 Å². The standard InChI is InChI=1S/C12H16O3/c1-14-11(13)10-4-8-6-15-7-9(8)5-12(10)2-3-12/h10H,2-7H2,1H3. The third-order valence-corrected chi connectivity index (χ3v) is 4.19. The first kappa shape index (κ1) is 9.40. The molecule has 3 nitrogen and oxygen atoms in total. The molecule has 1 spiro atoms. The average molecular weight is 208 g/mol. The summed E-state index contributed by atoms with van der Waals surface area (Å²) in [6.45, 7) is 1.53. The number of hydrogen-bond donors (Lipinski definition) is 0. The van der Waals surface area contributed by atoms with Crippen molar-refractivity contribution in [3.05, 3.63) is 11.1 Å². The molecule has 0 saturated heterocycles. The lowest BCUT2D eigenvalue weighted by molar-refractivity contribution is -0.148. The molecule has 1 aliphatic heterocycles. The highest BCUT2D eigenvalue weighted by atomic mass is 16.5. The quantitative estimate of drug-likeness (QED) is 0.486. The van der Waals surface area contributed by atoms with Gasteiger partial charge in [0.2, 0.25) is 0 Å². The van der Waals surface area contributed by atoms with Crippen LogP contribution in [0.1, 0.15) is 25.7 Å². The molecule has 1 unspecified atom stereocenters. The summed E-state index contributed by atoms with van der Waals surface area (Å²) in [5.41, 5.74) is 3.08. The molecular formula is C12H16O3. The molecule has 0 aromatic heterocycles. The lowest BCUT2D eigenvalue weighted by Gasteiger charge is -2.30. The number of carbonyl (C=O) groups excluding carboxylic acids is 1. The highest BCUT2D eigenvalue weighted by Crippen LogP contribution is 2.61. The maximum Gasteiger partial charge on any atom is 0.309 e. The van der Waals surface area contributed by atoms with E-state index in [1.807, 2.05) is 0 Å². The van der Waals surface area contributed by atoms with Crippen LogP contribution in [0.25, 0.3) is 0 Å². The molecule has 0 aromatic rings. The van der Waals surface area contributed by atoms with Gasteiger partial charge in [0, 0.05) is 0 Å². The molecule has 1 saturated carbocycles. The molecule has 0 N–H and O–H groups in total. The van der Waals surface area contributed by atoms with Gasteiger partial charge < -0.3 is 9.47 Å². The molecule has 3 heteroatoms. The largest absolute Gasteiger partial charge is 0.469 e. The Balaban J connectivity index is 1.88. The second kappa shape index (κ2) is 3.08. The van der Waals surface area contributed by atoms with Crippen LogP contribution in [0.2, 0.25) is 0 Å². The number of carbonyl (C=O) groups is 1. The second-order valence-corrected chi connectivity index (χ2v) is 5.02. The molecule has 2 aliphatic carbocycles. The van der Waals surface area contributed by atoms with E-state index in [0.717, 1.165) is 26.1 Å². The summed E-state index contributed by atoms with van der Waals surface area (Å²) in [7, 11) is 1.49. The summed E-state index contributed by atoms with van der Waals surface area (Å²) in [4.78, 5) is 11.7. The molecule has 3 aliphatic rings. The van der Waals surface area contributed by atoms with Gasteiger partial charge in [-0.25, -0.2) is 0 Å². The smallest absolute Gasteiger partial charge is 0.309 e. The van der Waals surface area contributed by atoms with E-state index in [-0.39, 0.29) is 17.3 Å². The van der Waals surface area contributed by atoms with Gasteiger partial charge in [0.05, 0.1) is 26.2 Å². The molecule has 82 valence electrons. The van der Waals surface area contributed by atoms with Crippen molar-refractivity contribution in [2.45, 2.75) is 25.7 Å². The zero-order chi connectivity index (χ0) is 10.5. The van der Waals surface area contributed by atoms with Crippen molar-refractivity contribution in [2.75, 3.05) is 20.3 Å². The Morgan fingerprint density at radius 2 is 2.13 bits per heavy atom. The molecule has 15 heavy (non-hydrogen) atoms. The summed E-state index contributed by atoms with van der Waals surface area (Å²) >= 11 is 0. The first-order valence-corrected chi connectivity index (χ1v) is 5.60. The molecule has 0 radical (unpaired) electrons. The van der Waals surface area contributed by atoms with E-state index < -0.39 is 0 Å². The number of ether oxygens (including phenoxy) is 2. The van der Waals surface area contributed by atoms with Crippen molar-refractivity contribution in [3.63, 3.8) is 0 Å². The fourth-order valence-electron chi connectivity index (χ4n) is 3.05. The molecule has 1 fully saturated rings. The van der Waals surface area contributed by atoms with E-state index >= 15 is 0 Å². The van der Waals surface area contributed by atoms with E-state index in [1.165, 1.54) is 31.1 Å². The molecule has 0 aromatic carbocycles. The van der Waals surface area contributed by atoms with Crippen molar-refractivity contribution < 1.29 is 14.3 Å². The molecule has 3 rings (SSSR count). The van der Waals surface area contributed by atoms with Crippen LogP contribution in [-0.4, -0.2) is 26.3 Å². The van der Waals surface area contributed by atoms with Crippen molar-refractivity contribution in [1.29, 1.82) is 0 Å². The van der Waals surface area contributed by atoms with Gasteiger partial charge in [-0.1, -0.05) is 0 Å². The van der Waals surface area contributed by atoms with Gasteiger partial charge >= 0.3 is 5.97 Å². The Labute approximate surface area is 89.4 Å². The van der Waals surface area contributed by atoms with Crippen LogP contribution in [-0.2, 0) is 14.3 Å². The summed E-state index contributed by atoms with van der Waals surface area (Å²) < 4.78 is 10.4. The molecule has 1 heterocycles. The van der Waals surface area contributed by atoms with Crippen molar-refractivity contribution in [3.8, 4) is 0 Å². The monoisotopic (exact) mass is 208 g/mol. The van der Waals surface area contributed by atoms with E-state index in [0.29, 0.717) is 0 Å². The average Bonchev–Trinajstić information content (AvgIpc) is 2.86. The van der Waals surface area contributed by atoms with Crippen molar-refractivity contribution in [2.24, 2.45) is 11.3 Å². The van der Waals surface area contributed by atoms with Gasteiger partial charge in [-0.2, -0.15) is 0 Å². The number of esters is 1. The third kappa shape index (κ3) is 1.33. The Kier molecular flexibility index (Phi) is 1.93. The first-order chi connectivity index (χ1) is 7.25. The highest BCUT2D eigenvalue weighted by Gasteiger charge is 2.55. The van der Waals surface area contributed by atoms with Crippen LogP contribution in [0.4, 0.5) is 0 Å². The van der Waals surface area contributed by atoms with Gasteiger partial charge in [0.15, 0.2) is 0 Å². The van der Waals surface area contributed by atoms with Gasteiger partial charge in [-0.05, 0) is 42.2 Å². The fourth-order valence-corrected chi connectivity index (χ4v) is 3.05. The molecule has 1 atom stereocenters. The van der Waals surface area contributed by atoms with Gasteiger partial charge in [-0.15, -0.1) is 0 Å². The van der Waals surface area contributed by atoms with Crippen LogP contribution in [0, 0.1) is 11.3 Å². The Hall–Kier alpha value is -0.830. The number of rotatable bonds is 1. The maximum absolute atomic E-state index is 11.7. The van der Waals surface area contributed by atoms with Crippen molar-refractivity contribution in [1.82, 2.24) is 0 Å². The van der Waals surface area contributed by atoms with Gasteiger partial charge in [0.1, 0.15) is 0 Å². The minimum atomic E-state index is -0.0223. The third-order valence-electron chi connectivity index (χ3n) is 4.19. The zero-order valence-corrected chi connectivity index (χ0v) is 9.04. The lowest BCUT2D eigenvalue weighted by atomic mass is 9.74. The summed E-state index contributed by atoms with van der Waals surface area (Å²) in [5.74, 6) is 0.0777. The normalized spacial score (nSPS) is 31.7. The van der Waals surface area contributed by atoms with Crippen LogP contribution in [0.15, 0.2) is 11.1 Å². The van der Waals surface area contributed by atoms with Crippen molar-refractivity contribution >= 4 is 5.97 Å². The minimum absolute atomic E-state index is 0.0223. The predicted octanol–water partition coefficient (Wildman–Crippen LogP) is 1.68. The predicted molar refractivity (Wildman–Crippen MR) is 54.3 cm³/mol. The van der Waals surface area contributed by atoms with Crippen LogP contribution < -0.4 is 0 Å². The number of methoxy groups -OCH3 is 1. The fraction of sp³-hybridized carbons (Fsp3) is 0.750. The van der Waals surface area contributed by atoms with Crippen LogP contribution in [0.5, 0.6) is 0 Å². The van der Waals surface area contributed by atoms with E-state index in [2.05, 4.69) is 0 Å². The minimum Gasteiger partial charge on any atom is -0.469 e. The first-order valence-electron chi connectivity index (χ1n) is 5.60. The second-order valence-electron chi connectivity index (χ2n) is 5.02. The molecule has 0 bridgehead atoms. The van der Waals surface area contributed by atoms with E-state index in [4.69, 9.17) is 9.47 Å². The summed E-state index contributed by atoms with van der Waals surface area (Å²) in [6, 6.07) is 0. The van der Waals surface area contributed by atoms with Crippen LogP contribution in [0.3, 0.4) is 0 Å². The Morgan fingerprint density at radius 1 is 1.40 bits per heavy atom. The molecule has 0 amide bonds. The SMILES string of the molecule is COC(=O)C1CC2=C(COC2)CC12CC2. The zero-order valence-electron chi connectivity index (χ0n) is 9.04. The van der Waals surface area contributed by atoms with Crippen LogP contribution >= 0.6 is 0 Å². The van der Waals surface area contributed by atoms with E-state index in [9.17, 15) is 4.79 Å². The Morgan fingerprint density at radius 3 is 2.80 bits per heavy atom. The summed E-state index contributed by atoms with van der Waals surface area (Å²) in [5, 5.41) is 0. The van der Waals surface area contributed by atoms with E-state index in [1.54, 1.807) is 0 Å². The molecular weight excluding hydrogens is 192 g/mol.